The Balaban J connectivity index is 1.20. The summed E-state index contributed by atoms with van der Waals surface area (Å²) in [6.07, 6.45) is 4.31. The van der Waals surface area contributed by atoms with Gasteiger partial charge in [0.2, 0.25) is 5.95 Å². The number of benzene rings is 1. The summed E-state index contributed by atoms with van der Waals surface area (Å²) in [6.45, 7) is 3.64. The molecule has 3 aliphatic rings. The molecule has 2 aromatic heterocycles. The number of aliphatic hydroxyl groups is 1. The molecule has 4 heterocycles. The molecule has 9 heteroatoms. The molecule has 34 heavy (non-hydrogen) atoms. The number of oxazole rings is 1. The van der Waals surface area contributed by atoms with Crippen LogP contribution in [-0.4, -0.2) is 55.3 Å². The average Bonchev–Trinajstić information content (AvgIpc) is 3.38. The third-order valence-corrected chi connectivity index (χ3v) is 8.66. The van der Waals surface area contributed by atoms with Crippen LogP contribution in [0.25, 0.3) is 11.3 Å². The maximum Gasteiger partial charge on any atom is 0.227 e. The summed E-state index contributed by atoms with van der Waals surface area (Å²) in [6, 6.07) is 10.2. The highest BCUT2D eigenvalue weighted by molar-refractivity contribution is 7.85. The fraction of sp³-hybridized carbons (Fsp3) is 0.480. The predicted molar refractivity (Wildman–Crippen MR) is 131 cm³/mol. The first-order valence-corrected chi connectivity index (χ1v) is 13.3. The van der Waals surface area contributed by atoms with Crippen molar-refractivity contribution >= 4 is 22.6 Å². The number of aryl methyl sites for hydroxylation is 2. The molecule has 0 bridgehead atoms. The number of rotatable bonds is 6. The van der Waals surface area contributed by atoms with Crippen LogP contribution in [-0.2, 0) is 17.2 Å². The number of fused-ring (bicyclic) bond motifs is 1. The Bertz CT molecular complexity index is 1230. The molecule has 0 spiro atoms. The van der Waals surface area contributed by atoms with E-state index in [0.29, 0.717) is 23.9 Å². The van der Waals surface area contributed by atoms with E-state index in [1.54, 1.807) is 0 Å². The molecule has 3 aromatic rings. The van der Waals surface area contributed by atoms with Gasteiger partial charge < -0.3 is 19.7 Å². The number of nitrogens with one attached hydrogen (secondary N) is 1. The van der Waals surface area contributed by atoms with Gasteiger partial charge in [-0.05, 0) is 32.6 Å². The highest BCUT2D eigenvalue weighted by atomic mass is 32.2. The van der Waals surface area contributed by atoms with Crippen molar-refractivity contribution in [1.29, 1.82) is 0 Å². The molecule has 1 saturated heterocycles. The van der Waals surface area contributed by atoms with E-state index in [4.69, 9.17) is 19.4 Å². The van der Waals surface area contributed by atoms with Crippen molar-refractivity contribution < 1.29 is 13.7 Å². The Morgan fingerprint density at radius 1 is 1.18 bits per heavy atom. The minimum atomic E-state index is -1.09. The van der Waals surface area contributed by atoms with Crippen LogP contribution < -0.4 is 10.2 Å². The van der Waals surface area contributed by atoms with Crippen LogP contribution in [0, 0.1) is 6.92 Å². The molecule has 0 radical (unpaired) electrons. The molecular weight excluding hydrogens is 450 g/mol. The van der Waals surface area contributed by atoms with Gasteiger partial charge in [-0.25, -0.2) is 9.97 Å². The molecule has 1 atom stereocenters. The molecule has 1 aromatic carbocycles. The van der Waals surface area contributed by atoms with Crippen LogP contribution in [0.5, 0.6) is 0 Å². The van der Waals surface area contributed by atoms with Gasteiger partial charge >= 0.3 is 0 Å². The predicted octanol–water partition coefficient (Wildman–Crippen LogP) is 3.42. The van der Waals surface area contributed by atoms with Crippen molar-refractivity contribution in [3.63, 3.8) is 0 Å². The van der Waals surface area contributed by atoms with Crippen LogP contribution in [0.2, 0.25) is 0 Å². The average molecular weight is 480 g/mol. The number of hydrogen-bond donors (Lipinski definition) is 2. The van der Waals surface area contributed by atoms with Gasteiger partial charge in [-0.15, -0.1) is 0 Å². The first-order chi connectivity index (χ1) is 16.5. The Labute approximate surface area is 201 Å². The molecule has 0 amide bonds. The van der Waals surface area contributed by atoms with Crippen LogP contribution in [0.15, 0.2) is 39.6 Å². The smallest absolute Gasteiger partial charge is 0.227 e. The molecule has 8 nitrogen and oxygen atoms in total. The molecule has 6 rings (SSSR count). The second-order valence-corrected chi connectivity index (χ2v) is 11.1. The lowest BCUT2D eigenvalue weighted by Gasteiger charge is -2.31. The van der Waals surface area contributed by atoms with Gasteiger partial charge in [0, 0.05) is 36.7 Å². The zero-order valence-electron chi connectivity index (χ0n) is 19.3. The molecule has 1 saturated carbocycles. The Kier molecular flexibility index (Phi) is 5.41. The lowest BCUT2D eigenvalue weighted by Crippen LogP contribution is -2.35. The molecule has 1 aliphatic carbocycles. The molecular formula is C25H29N5O3S. The standard InChI is InChI=1S/C25H29N5O3S/c1-16-20(17-5-3-2-4-6-17)27-23(33-16)18-7-12-30(13-8-18)24-26-19-9-14-34(32)21(19)22(28-24)29-25(15-31)10-11-25/h2-6,18,31H,7-15H2,1H3,(H,26,28,29). The maximum atomic E-state index is 12.6. The topological polar surface area (TPSA) is 104 Å². The number of piperidine rings is 1. The number of anilines is 2. The summed E-state index contributed by atoms with van der Waals surface area (Å²) < 4.78 is 18.7. The van der Waals surface area contributed by atoms with E-state index in [1.807, 2.05) is 25.1 Å². The van der Waals surface area contributed by atoms with Crippen LogP contribution in [0.1, 0.15) is 48.9 Å². The molecule has 2 aliphatic heterocycles. The van der Waals surface area contributed by atoms with Crippen molar-refractivity contribution in [3.05, 3.63) is 47.7 Å². The van der Waals surface area contributed by atoms with Crippen molar-refractivity contribution in [1.82, 2.24) is 15.0 Å². The van der Waals surface area contributed by atoms with Gasteiger partial charge in [-0.2, -0.15) is 4.98 Å². The molecule has 1 unspecified atom stereocenters. The van der Waals surface area contributed by atoms with Crippen molar-refractivity contribution in [2.24, 2.45) is 0 Å². The monoisotopic (exact) mass is 479 g/mol. The summed E-state index contributed by atoms with van der Waals surface area (Å²) in [5, 5.41) is 13.2. The highest BCUT2D eigenvalue weighted by Gasteiger charge is 2.44. The highest BCUT2D eigenvalue weighted by Crippen LogP contribution is 2.41. The quantitative estimate of drug-likeness (QED) is 0.554. The summed E-state index contributed by atoms with van der Waals surface area (Å²) >= 11 is 0. The van der Waals surface area contributed by atoms with Gasteiger partial charge in [-0.3, -0.25) is 4.21 Å². The molecule has 2 fully saturated rings. The zero-order chi connectivity index (χ0) is 23.3. The van der Waals surface area contributed by atoms with Crippen LogP contribution in [0.4, 0.5) is 11.8 Å². The summed E-state index contributed by atoms with van der Waals surface area (Å²) in [5.74, 6) is 3.83. The van der Waals surface area contributed by atoms with Gasteiger partial charge in [0.25, 0.3) is 0 Å². The first-order valence-electron chi connectivity index (χ1n) is 12.0. The largest absolute Gasteiger partial charge is 0.445 e. The number of aliphatic hydroxyl groups excluding tert-OH is 1. The second-order valence-electron chi connectivity index (χ2n) is 9.60. The van der Waals surface area contributed by atoms with Crippen molar-refractivity contribution in [2.75, 3.05) is 35.7 Å². The summed E-state index contributed by atoms with van der Waals surface area (Å²) in [5.41, 5.74) is 2.55. The normalized spacial score (nSPS) is 21.5. The van der Waals surface area contributed by atoms with E-state index in [0.717, 1.165) is 72.3 Å². The van der Waals surface area contributed by atoms with Gasteiger partial charge in [0.15, 0.2) is 5.89 Å². The van der Waals surface area contributed by atoms with E-state index >= 15 is 0 Å². The minimum Gasteiger partial charge on any atom is -0.445 e. The van der Waals surface area contributed by atoms with Crippen molar-refractivity contribution in [2.45, 2.75) is 55.4 Å². The zero-order valence-corrected chi connectivity index (χ0v) is 20.1. The fourth-order valence-electron chi connectivity index (χ4n) is 4.92. The third-order valence-electron chi connectivity index (χ3n) is 7.20. The minimum absolute atomic E-state index is 0.0552. The Hall–Kier alpha value is -2.78. The first kappa shape index (κ1) is 21.7. The SMILES string of the molecule is Cc1oc(C2CCN(c3nc4c(c(NC5(CO)CC5)n3)S(=O)CC4)CC2)nc1-c1ccccc1. The molecule has 2 N–H and O–H groups in total. The van der Waals surface area contributed by atoms with Gasteiger partial charge in [0.1, 0.15) is 22.2 Å². The van der Waals surface area contributed by atoms with Crippen molar-refractivity contribution in [3.8, 4) is 11.3 Å². The number of aromatic nitrogens is 3. The van der Waals surface area contributed by atoms with E-state index in [9.17, 15) is 9.32 Å². The molecule has 178 valence electrons. The van der Waals surface area contributed by atoms with Crippen LogP contribution >= 0.6 is 0 Å². The van der Waals surface area contributed by atoms with E-state index < -0.39 is 10.8 Å². The Morgan fingerprint density at radius 2 is 1.94 bits per heavy atom. The maximum absolute atomic E-state index is 12.6. The van der Waals surface area contributed by atoms with Crippen LogP contribution in [0.3, 0.4) is 0 Å². The Morgan fingerprint density at radius 3 is 2.65 bits per heavy atom. The van der Waals surface area contributed by atoms with E-state index in [1.165, 1.54) is 0 Å². The fourth-order valence-corrected chi connectivity index (χ4v) is 6.22. The van der Waals surface area contributed by atoms with Gasteiger partial charge in [0.05, 0.1) is 28.6 Å². The lowest BCUT2D eigenvalue weighted by molar-refractivity contribution is 0.265. The lowest BCUT2D eigenvalue weighted by atomic mass is 9.97. The van der Waals surface area contributed by atoms with E-state index in [2.05, 4.69) is 22.3 Å². The third kappa shape index (κ3) is 3.90. The summed E-state index contributed by atoms with van der Waals surface area (Å²) in [4.78, 5) is 17.4. The number of nitrogens with zero attached hydrogens (tertiary/aromatic N) is 4. The second kappa shape index (κ2) is 8.46. The van der Waals surface area contributed by atoms with E-state index in [-0.39, 0.29) is 18.1 Å². The van der Waals surface area contributed by atoms with Gasteiger partial charge in [-0.1, -0.05) is 30.3 Å². The summed E-state index contributed by atoms with van der Waals surface area (Å²) in [7, 11) is -1.09. The number of hydrogen-bond acceptors (Lipinski definition) is 8.